The molecule has 3 heterocycles. The van der Waals surface area contributed by atoms with Crippen molar-refractivity contribution in [1.82, 2.24) is 9.13 Å². The van der Waals surface area contributed by atoms with Crippen LogP contribution < -0.4 is 0 Å². The zero-order chi connectivity index (χ0) is 37.1. The van der Waals surface area contributed by atoms with Crippen molar-refractivity contribution in [2.24, 2.45) is 0 Å². The lowest BCUT2D eigenvalue weighted by atomic mass is 9.64. The number of aromatic nitrogens is 2. The van der Waals surface area contributed by atoms with Gasteiger partial charge in [0.05, 0.1) is 44.6 Å². The number of fused-ring (bicyclic) bond motifs is 16. The molecule has 4 nitrogen and oxygen atoms in total. The molecule has 6 bridgehead atoms. The van der Waals surface area contributed by atoms with Gasteiger partial charge in [0.25, 0.3) is 0 Å². The van der Waals surface area contributed by atoms with E-state index in [2.05, 4.69) is 163 Å². The minimum atomic E-state index is -0.338. The molecule has 0 saturated heterocycles. The second-order valence-electron chi connectivity index (χ2n) is 16.4. The molecule has 0 radical (unpaired) electrons. The fraction of sp³-hybridized carbons (Fsp3) is 0.137. The second-order valence-corrected chi connectivity index (χ2v) is 16.4. The Balaban J connectivity index is 1.38. The Morgan fingerprint density at radius 3 is 1.33 bits per heavy atom. The summed E-state index contributed by atoms with van der Waals surface area (Å²) in [5, 5.41) is 26.7. The summed E-state index contributed by atoms with van der Waals surface area (Å²) in [7, 11) is 0. The first-order valence-electron chi connectivity index (χ1n) is 19.1. The van der Waals surface area contributed by atoms with Crippen molar-refractivity contribution in [3.05, 3.63) is 166 Å². The fourth-order valence-electron chi connectivity index (χ4n) is 11.4. The minimum Gasteiger partial charge on any atom is -0.308 e. The van der Waals surface area contributed by atoms with Crippen molar-refractivity contribution in [3.63, 3.8) is 0 Å². The molecule has 1 aliphatic heterocycles. The smallest absolute Gasteiger partial charge is 0.102 e. The van der Waals surface area contributed by atoms with Crippen molar-refractivity contribution in [2.75, 3.05) is 0 Å². The van der Waals surface area contributed by atoms with Gasteiger partial charge in [0.15, 0.2) is 0 Å². The van der Waals surface area contributed by atoms with Gasteiger partial charge in [-0.2, -0.15) is 10.5 Å². The third kappa shape index (κ3) is 3.43. The SMILES string of the molecule is Cc1c(C#N)c2c(C)c(c1C#N)-n1c3ccccc3c3cc4c(cc31)C(C)(CC1(C)c3ccccc3-c3cc5c6ccccc6n-2c5cc31)c1ccccc1-4. The van der Waals surface area contributed by atoms with Gasteiger partial charge in [0.2, 0.25) is 0 Å². The first-order valence-corrected chi connectivity index (χ1v) is 19.1. The summed E-state index contributed by atoms with van der Waals surface area (Å²) in [6.07, 6.45) is 0.863. The lowest BCUT2D eigenvalue weighted by Crippen LogP contribution is -2.33. The first kappa shape index (κ1) is 30.6. The van der Waals surface area contributed by atoms with E-state index in [-0.39, 0.29) is 10.8 Å². The van der Waals surface area contributed by atoms with Gasteiger partial charge in [-0.15, -0.1) is 0 Å². The number of nitriles is 2. The molecule has 7 aromatic carbocycles. The molecular weight excluding hydrogens is 669 g/mol. The van der Waals surface area contributed by atoms with E-state index >= 15 is 0 Å². The number of para-hydroxylation sites is 2. The normalized spacial score (nSPS) is 18.6. The Morgan fingerprint density at radius 2 is 0.873 bits per heavy atom. The molecule has 55 heavy (non-hydrogen) atoms. The van der Waals surface area contributed by atoms with Crippen molar-refractivity contribution in [3.8, 4) is 45.8 Å². The molecule has 2 unspecified atom stereocenters. The highest BCUT2D eigenvalue weighted by Crippen LogP contribution is 2.61. The molecule has 12 rings (SSSR count). The lowest BCUT2D eigenvalue weighted by molar-refractivity contribution is 0.407. The van der Waals surface area contributed by atoms with Crippen LogP contribution in [0.2, 0.25) is 0 Å². The summed E-state index contributed by atoms with van der Waals surface area (Å²) >= 11 is 0. The van der Waals surface area contributed by atoms with E-state index in [1.807, 2.05) is 6.92 Å². The molecule has 2 aliphatic carbocycles. The summed E-state index contributed by atoms with van der Waals surface area (Å²) in [6, 6.07) is 50.1. The Hall–Kier alpha value is -6.88. The third-order valence-corrected chi connectivity index (χ3v) is 13.7. The van der Waals surface area contributed by atoms with Gasteiger partial charge < -0.3 is 9.13 Å². The maximum atomic E-state index is 11.1. The van der Waals surface area contributed by atoms with Crippen LogP contribution in [0, 0.1) is 36.5 Å². The molecule has 4 heteroatoms. The largest absolute Gasteiger partial charge is 0.308 e. The fourth-order valence-corrected chi connectivity index (χ4v) is 11.4. The topological polar surface area (TPSA) is 57.4 Å². The monoisotopic (exact) mass is 702 g/mol. The number of nitrogens with zero attached hydrogens (tertiary/aromatic N) is 4. The Morgan fingerprint density at radius 1 is 0.455 bits per heavy atom. The molecule has 0 spiro atoms. The van der Waals surface area contributed by atoms with Crippen LogP contribution >= 0.6 is 0 Å². The van der Waals surface area contributed by atoms with Crippen LogP contribution in [0.3, 0.4) is 0 Å². The molecule has 2 aromatic heterocycles. The van der Waals surface area contributed by atoms with Gasteiger partial charge in [-0.3, -0.25) is 0 Å². The van der Waals surface area contributed by atoms with Crippen LogP contribution in [0.1, 0.15) is 64.8 Å². The number of hydrogen-bond donors (Lipinski definition) is 0. The maximum absolute atomic E-state index is 11.1. The van der Waals surface area contributed by atoms with Crippen molar-refractivity contribution >= 4 is 43.6 Å². The minimum absolute atomic E-state index is 0.338. The van der Waals surface area contributed by atoms with E-state index in [9.17, 15) is 10.5 Å². The van der Waals surface area contributed by atoms with Crippen LogP contribution in [0.4, 0.5) is 0 Å². The summed E-state index contributed by atoms with van der Waals surface area (Å²) in [5.74, 6) is 0. The highest BCUT2D eigenvalue weighted by Gasteiger charge is 2.49. The Labute approximate surface area is 318 Å². The molecule has 3 aliphatic rings. The Kier molecular flexibility index (Phi) is 5.56. The van der Waals surface area contributed by atoms with Gasteiger partial charge in [-0.05, 0) is 112 Å². The van der Waals surface area contributed by atoms with E-state index < -0.39 is 0 Å². The highest BCUT2D eigenvalue weighted by atomic mass is 15.0. The van der Waals surface area contributed by atoms with Crippen LogP contribution in [0.15, 0.2) is 121 Å². The predicted octanol–water partition coefficient (Wildman–Crippen LogP) is 12.2. The average molecular weight is 703 g/mol. The van der Waals surface area contributed by atoms with Gasteiger partial charge in [0.1, 0.15) is 12.1 Å². The van der Waals surface area contributed by atoms with E-state index in [0.717, 1.165) is 67.0 Å². The van der Waals surface area contributed by atoms with Gasteiger partial charge in [0, 0.05) is 32.4 Å². The molecule has 0 fully saturated rings. The lowest BCUT2D eigenvalue weighted by Gasteiger charge is -2.38. The molecule has 9 aromatic rings. The van der Waals surface area contributed by atoms with E-state index in [1.165, 1.54) is 44.5 Å². The molecule has 0 amide bonds. The van der Waals surface area contributed by atoms with Gasteiger partial charge in [-0.25, -0.2) is 0 Å². The van der Waals surface area contributed by atoms with Crippen molar-refractivity contribution in [1.29, 1.82) is 10.5 Å². The van der Waals surface area contributed by atoms with Crippen LogP contribution in [0.5, 0.6) is 0 Å². The summed E-state index contributed by atoms with van der Waals surface area (Å²) < 4.78 is 4.66. The van der Waals surface area contributed by atoms with E-state index in [1.54, 1.807) is 0 Å². The number of hydrogen-bond acceptors (Lipinski definition) is 2. The molecule has 258 valence electrons. The molecule has 2 atom stereocenters. The molecular formula is C51H34N4. The average Bonchev–Trinajstić information content (AvgIpc) is 3.86. The number of rotatable bonds is 0. The zero-order valence-electron chi connectivity index (χ0n) is 31.0. The summed E-state index contributed by atoms with van der Waals surface area (Å²) in [6.45, 7) is 8.98. The van der Waals surface area contributed by atoms with Crippen LogP contribution in [0.25, 0.3) is 77.2 Å². The summed E-state index contributed by atoms with van der Waals surface area (Å²) in [4.78, 5) is 0. The number of benzene rings is 7. The summed E-state index contributed by atoms with van der Waals surface area (Å²) in [5.41, 5.74) is 18.4. The highest BCUT2D eigenvalue weighted by molar-refractivity contribution is 6.14. The quantitative estimate of drug-likeness (QED) is 0.158. The molecule has 0 N–H and O–H groups in total. The third-order valence-electron chi connectivity index (χ3n) is 13.7. The molecule has 0 saturated carbocycles. The van der Waals surface area contributed by atoms with E-state index in [0.29, 0.717) is 16.7 Å². The van der Waals surface area contributed by atoms with Crippen molar-refractivity contribution in [2.45, 2.75) is 44.9 Å². The van der Waals surface area contributed by atoms with Crippen LogP contribution in [-0.2, 0) is 10.8 Å². The van der Waals surface area contributed by atoms with Gasteiger partial charge in [-0.1, -0.05) is 98.8 Å². The second kappa shape index (κ2) is 10.00. The van der Waals surface area contributed by atoms with Crippen molar-refractivity contribution < 1.29 is 0 Å². The Bertz CT molecular complexity index is 3160. The van der Waals surface area contributed by atoms with E-state index in [4.69, 9.17) is 0 Å². The predicted molar refractivity (Wildman–Crippen MR) is 222 cm³/mol. The maximum Gasteiger partial charge on any atom is 0.102 e. The van der Waals surface area contributed by atoms with Crippen LogP contribution in [-0.4, -0.2) is 9.13 Å². The zero-order valence-corrected chi connectivity index (χ0v) is 31.0. The standard InChI is InChI=1S/C51H34N4/c1-28-38(25-52)48-29(2)49(39(28)26-53)55-45-20-12-8-16-33(45)37-22-35-31-14-6-10-18-41(31)51(4,43(35)24-47(37)55)27-50(3)40-17-9-5-13-30(40)34-21-36-32-15-7-11-19-44(32)54(48)46(36)23-42(34)50/h5-24H,27H2,1-4H3. The van der Waals surface area contributed by atoms with Gasteiger partial charge >= 0.3 is 0 Å². The first-order chi connectivity index (χ1) is 26.8.